The molecule has 1 aliphatic rings. The molecule has 0 aromatic heterocycles. The van der Waals surface area contributed by atoms with Crippen molar-refractivity contribution in [3.63, 3.8) is 0 Å². The van der Waals surface area contributed by atoms with Gasteiger partial charge in [0.05, 0.1) is 5.75 Å². The normalized spacial score (nSPS) is 25.2. The Kier molecular flexibility index (Phi) is 2.79. The summed E-state index contributed by atoms with van der Waals surface area (Å²) in [4.78, 5) is 10.3. The number of carbonyl (C=O) groups excluding carboxylic acids is 1. The van der Waals surface area contributed by atoms with E-state index in [1.165, 1.54) is 0 Å². The summed E-state index contributed by atoms with van der Waals surface area (Å²) in [6.07, 6.45) is -2.08. The second-order valence-corrected chi connectivity index (χ2v) is 3.75. The summed E-state index contributed by atoms with van der Waals surface area (Å²) < 4.78 is 54.1. The molecule has 1 heterocycles. The van der Waals surface area contributed by atoms with Crippen molar-refractivity contribution < 1.29 is 31.6 Å². The van der Waals surface area contributed by atoms with Gasteiger partial charge in [0, 0.05) is 0 Å². The van der Waals surface area contributed by atoms with E-state index in [9.17, 15) is 22.2 Å². The molecule has 0 amide bonds. The Hall–Kier alpha value is -0.790. The smallest absolute Gasteiger partial charge is 0.430 e. The summed E-state index contributed by atoms with van der Waals surface area (Å²) in [6, 6.07) is 0. The van der Waals surface area contributed by atoms with Gasteiger partial charge in [-0.3, -0.25) is 4.21 Å². The lowest BCUT2D eigenvalue weighted by atomic mass is 10.4. The van der Waals surface area contributed by atoms with Gasteiger partial charge in [0.25, 0.3) is 0 Å². The molecule has 0 bridgehead atoms. The fraction of sp³-hybridized carbons (Fsp3) is 0.800. The van der Waals surface area contributed by atoms with Crippen molar-refractivity contribution >= 4 is 17.0 Å². The van der Waals surface area contributed by atoms with Crippen LogP contribution in [0.3, 0.4) is 0 Å². The molecule has 13 heavy (non-hydrogen) atoms. The molecule has 1 aliphatic heterocycles. The lowest BCUT2D eigenvalue weighted by Gasteiger charge is -2.08. The maximum absolute atomic E-state index is 11.7. The van der Waals surface area contributed by atoms with E-state index in [-0.39, 0.29) is 6.61 Å². The minimum atomic E-state index is -4.77. The molecule has 1 rings (SSSR count). The Bertz CT molecular complexity index is 238. The van der Waals surface area contributed by atoms with Crippen LogP contribution in [-0.2, 0) is 20.3 Å². The average Bonchev–Trinajstić information content (AvgIpc) is 2.33. The van der Waals surface area contributed by atoms with Crippen LogP contribution in [0.25, 0.3) is 0 Å². The van der Waals surface area contributed by atoms with Gasteiger partial charge in [-0.25, -0.2) is 4.79 Å². The fourth-order valence-corrected chi connectivity index (χ4v) is 1.40. The van der Waals surface area contributed by atoms with Crippen molar-refractivity contribution in [3.05, 3.63) is 0 Å². The first kappa shape index (κ1) is 10.3. The van der Waals surface area contributed by atoms with E-state index in [4.69, 9.17) is 0 Å². The number of hydrogen-bond donors (Lipinski definition) is 0. The Balaban J connectivity index is 2.42. The predicted octanol–water partition coefficient (Wildman–Crippen LogP) is 0.790. The maximum Gasteiger partial charge on any atom is 0.508 e. The number of carbonyl (C=O) groups is 1. The van der Waals surface area contributed by atoms with Gasteiger partial charge in [-0.05, 0) is 0 Å². The Morgan fingerprint density at radius 1 is 1.54 bits per heavy atom. The third-order valence-electron chi connectivity index (χ3n) is 1.25. The number of rotatable bonds is 2. The highest BCUT2D eigenvalue weighted by Gasteiger charge is 2.40. The molecule has 0 aliphatic carbocycles. The Morgan fingerprint density at radius 2 is 2.15 bits per heavy atom. The second kappa shape index (κ2) is 3.52. The van der Waals surface area contributed by atoms with Gasteiger partial charge in [0.15, 0.2) is 6.10 Å². The summed E-state index contributed by atoms with van der Waals surface area (Å²) in [5.74, 6) is -0.769. The third kappa shape index (κ3) is 2.87. The molecule has 1 saturated heterocycles. The van der Waals surface area contributed by atoms with Gasteiger partial charge in [0.2, 0.25) is 0 Å². The number of hydrogen-bond acceptors (Lipinski definition) is 4. The van der Waals surface area contributed by atoms with Crippen molar-refractivity contribution in [3.8, 4) is 0 Å². The maximum atomic E-state index is 11.7. The Morgan fingerprint density at radius 3 is 2.54 bits per heavy atom. The van der Waals surface area contributed by atoms with Gasteiger partial charge in [-0.15, -0.1) is 0 Å². The van der Waals surface area contributed by atoms with E-state index in [1.807, 2.05) is 0 Å². The van der Waals surface area contributed by atoms with Crippen LogP contribution in [0.1, 0.15) is 0 Å². The van der Waals surface area contributed by atoms with E-state index < -0.39 is 34.3 Å². The molecule has 0 saturated carbocycles. The Labute approximate surface area is 73.5 Å². The third-order valence-corrected chi connectivity index (χ3v) is 2.44. The van der Waals surface area contributed by atoms with Crippen LogP contribution in [0.5, 0.6) is 0 Å². The summed E-state index contributed by atoms with van der Waals surface area (Å²) >= 11 is 0. The summed E-state index contributed by atoms with van der Waals surface area (Å²) in [6.45, 7) is -0.277. The van der Waals surface area contributed by atoms with Gasteiger partial charge < -0.3 is 9.47 Å². The highest BCUT2D eigenvalue weighted by atomic mass is 32.2. The number of alkyl halides is 3. The minimum absolute atomic E-state index is 0.277. The van der Waals surface area contributed by atoms with Crippen molar-refractivity contribution in [1.82, 2.24) is 0 Å². The molecular weight excluding hydrogens is 213 g/mol. The average molecular weight is 218 g/mol. The van der Waals surface area contributed by atoms with Crippen LogP contribution in [0, 0.1) is 0 Å². The molecule has 0 radical (unpaired) electrons. The zero-order valence-corrected chi connectivity index (χ0v) is 6.98. The molecule has 2 atom stereocenters. The molecule has 0 spiro atoms. The van der Waals surface area contributed by atoms with Gasteiger partial charge in [-0.1, -0.05) is 0 Å². The van der Waals surface area contributed by atoms with E-state index in [1.54, 1.807) is 0 Å². The largest absolute Gasteiger partial charge is 0.508 e. The fourth-order valence-electron chi connectivity index (χ4n) is 0.711. The summed E-state index contributed by atoms with van der Waals surface area (Å²) in [5.41, 5.74) is -4.77. The number of cyclic esters (lactones) is 2. The van der Waals surface area contributed by atoms with E-state index >= 15 is 0 Å². The predicted molar refractivity (Wildman–Crippen MR) is 35.3 cm³/mol. The minimum Gasteiger partial charge on any atom is -0.430 e. The zero-order valence-electron chi connectivity index (χ0n) is 6.17. The SMILES string of the molecule is O=C1OCC(CS(=O)C(F)(F)F)O1. The molecule has 0 aromatic rings. The monoisotopic (exact) mass is 218 g/mol. The quantitative estimate of drug-likeness (QED) is 0.643. The molecule has 8 heteroatoms. The zero-order chi connectivity index (χ0) is 10.1. The number of ether oxygens (including phenoxy) is 2. The van der Waals surface area contributed by atoms with Crippen molar-refractivity contribution in [1.29, 1.82) is 0 Å². The van der Waals surface area contributed by atoms with Crippen LogP contribution in [-0.4, -0.2) is 34.3 Å². The van der Waals surface area contributed by atoms with Gasteiger partial charge >= 0.3 is 11.7 Å². The summed E-state index contributed by atoms with van der Waals surface area (Å²) in [7, 11) is -3.00. The van der Waals surface area contributed by atoms with Crippen molar-refractivity contribution in [2.45, 2.75) is 11.6 Å². The lowest BCUT2D eigenvalue weighted by Crippen LogP contribution is -2.27. The molecule has 0 N–H and O–H groups in total. The van der Waals surface area contributed by atoms with Crippen LogP contribution < -0.4 is 0 Å². The standard InChI is InChI=1S/C5H5F3O4S/c6-5(7,8)13(10)2-3-1-11-4(9)12-3/h3H,1-2H2. The molecule has 2 unspecified atom stereocenters. The highest BCUT2D eigenvalue weighted by Crippen LogP contribution is 2.22. The molecule has 4 nitrogen and oxygen atoms in total. The topological polar surface area (TPSA) is 52.6 Å². The van der Waals surface area contributed by atoms with E-state index in [0.717, 1.165) is 0 Å². The van der Waals surface area contributed by atoms with Crippen molar-refractivity contribution in [2.75, 3.05) is 12.4 Å². The second-order valence-electron chi connectivity index (χ2n) is 2.26. The lowest BCUT2D eigenvalue weighted by molar-refractivity contribution is -0.0390. The molecule has 0 aromatic carbocycles. The molecule has 1 fully saturated rings. The van der Waals surface area contributed by atoms with E-state index in [2.05, 4.69) is 9.47 Å². The molecular formula is C5H5F3O4S. The summed E-state index contributed by atoms with van der Waals surface area (Å²) in [5, 5.41) is 0. The van der Waals surface area contributed by atoms with Gasteiger partial charge in [-0.2, -0.15) is 13.2 Å². The van der Waals surface area contributed by atoms with Crippen LogP contribution >= 0.6 is 0 Å². The highest BCUT2D eigenvalue weighted by molar-refractivity contribution is 7.85. The first-order valence-electron chi connectivity index (χ1n) is 3.18. The van der Waals surface area contributed by atoms with Crippen LogP contribution in [0.15, 0.2) is 0 Å². The van der Waals surface area contributed by atoms with E-state index in [0.29, 0.717) is 0 Å². The number of halogens is 3. The van der Waals surface area contributed by atoms with Crippen LogP contribution in [0.2, 0.25) is 0 Å². The first-order valence-corrected chi connectivity index (χ1v) is 4.50. The molecule has 76 valence electrons. The van der Waals surface area contributed by atoms with Gasteiger partial charge in [0.1, 0.15) is 17.4 Å². The van der Waals surface area contributed by atoms with Crippen LogP contribution in [0.4, 0.5) is 18.0 Å². The van der Waals surface area contributed by atoms with Crippen molar-refractivity contribution in [2.24, 2.45) is 0 Å². The first-order chi connectivity index (χ1) is 5.89.